The number of morpholine rings is 1. The van der Waals surface area contributed by atoms with Crippen LogP contribution in [-0.4, -0.2) is 66.6 Å². The number of nitrogens with zero attached hydrogens (tertiary/aromatic N) is 7. The van der Waals surface area contributed by atoms with E-state index < -0.39 is 0 Å². The summed E-state index contributed by atoms with van der Waals surface area (Å²) in [5, 5.41) is 16.8. The first kappa shape index (κ1) is 20.1. The Morgan fingerprint density at radius 2 is 1.75 bits per heavy atom. The van der Waals surface area contributed by atoms with Gasteiger partial charge in [-0.3, -0.25) is 4.79 Å². The fourth-order valence-corrected chi connectivity index (χ4v) is 4.01. The minimum atomic E-state index is -0.0870. The van der Waals surface area contributed by atoms with Crippen molar-refractivity contribution < 1.29 is 9.53 Å². The lowest BCUT2D eigenvalue weighted by Crippen LogP contribution is -2.50. The van der Waals surface area contributed by atoms with Crippen LogP contribution >= 0.6 is 0 Å². The van der Waals surface area contributed by atoms with Crippen LogP contribution in [0.4, 0.5) is 0 Å². The zero-order valence-electron chi connectivity index (χ0n) is 17.7. The van der Waals surface area contributed by atoms with Crippen molar-refractivity contribution in [2.45, 2.75) is 19.4 Å². The molecule has 1 fully saturated rings. The number of ether oxygens (including phenoxy) is 1. The number of hydrogen-bond acceptors (Lipinski definition) is 6. The summed E-state index contributed by atoms with van der Waals surface area (Å²) in [6, 6.07) is 13.7. The molecule has 1 amide bonds. The maximum absolute atomic E-state index is 13.7. The molecule has 1 saturated heterocycles. The normalized spacial score (nSPS) is 16.3. The summed E-state index contributed by atoms with van der Waals surface area (Å²) in [6.07, 6.45) is 7.17. The Balaban J connectivity index is 1.43. The average Bonchev–Trinajstić information content (AvgIpc) is 3.54. The van der Waals surface area contributed by atoms with E-state index in [1.165, 1.54) is 4.80 Å². The lowest BCUT2D eigenvalue weighted by molar-refractivity contribution is -0.00165. The molecule has 9 heteroatoms. The second-order valence-electron chi connectivity index (χ2n) is 7.76. The van der Waals surface area contributed by atoms with Gasteiger partial charge in [0.25, 0.3) is 5.91 Å². The summed E-state index contributed by atoms with van der Waals surface area (Å²) >= 11 is 0. The second kappa shape index (κ2) is 8.72. The topological polar surface area (TPSA) is 91.0 Å². The highest BCUT2D eigenvalue weighted by atomic mass is 16.5. The lowest BCUT2D eigenvalue weighted by atomic mass is 10.0. The molecule has 2 aromatic heterocycles. The zero-order chi connectivity index (χ0) is 21.9. The van der Waals surface area contributed by atoms with E-state index in [1.54, 1.807) is 29.6 Å². The first-order valence-corrected chi connectivity index (χ1v) is 10.5. The van der Waals surface area contributed by atoms with Crippen LogP contribution < -0.4 is 0 Å². The predicted molar refractivity (Wildman–Crippen MR) is 117 cm³/mol. The van der Waals surface area contributed by atoms with Crippen LogP contribution in [0.3, 0.4) is 0 Å². The fraction of sp³-hybridized carbons (Fsp3) is 0.261. The van der Waals surface area contributed by atoms with Gasteiger partial charge < -0.3 is 9.64 Å². The first-order valence-electron chi connectivity index (χ1n) is 10.5. The van der Waals surface area contributed by atoms with E-state index in [0.717, 1.165) is 16.8 Å². The molecule has 9 nitrogen and oxygen atoms in total. The van der Waals surface area contributed by atoms with Gasteiger partial charge in [-0.05, 0) is 43.2 Å². The third-order valence-corrected chi connectivity index (χ3v) is 5.54. The highest BCUT2D eigenvalue weighted by molar-refractivity contribution is 5.98. The van der Waals surface area contributed by atoms with Gasteiger partial charge in [0, 0.05) is 6.54 Å². The van der Waals surface area contributed by atoms with Gasteiger partial charge in [-0.25, -0.2) is 0 Å². The summed E-state index contributed by atoms with van der Waals surface area (Å²) in [4.78, 5) is 18.7. The molecule has 0 saturated carbocycles. The molecule has 0 bridgehead atoms. The molecule has 3 heterocycles. The van der Waals surface area contributed by atoms with Crippen molar-refractivity contribution in [2.75, 3.05) is 19.8 Å². The molecule has 32 heavy (non-hydrogen) atoms. The van der Waals surface area contributed by atoms with E-state index in [1.807, 2.05) is 48.2 Å². The standard InChI is InChI=1S/C23H23N7O2/c1-17-5-6-22(30-26-9-10-27-30)21(13-17)23(31)28-11-12-32-16-20(28)15-18-3-2-4-19(14-18)29-24-7-8-25-29/h2-10,13-14,20H,11-12,15-16H2,1H3. The molecule has 2 aromatic carbocycles. The Labute approximate surface area is 185 Å². The molecule has 4 aromatic rings. The van der Waals surface area contributed by atoms with Crippen molar-refractivity contribution in [3.05, 3.63) is 83.9 Å². The van der Waals surface area contributed by atoms with Crippen LogP contribution in [0.15, 0.2) is 67.3 Å². The maximum Gasteiger partial charge on any atom is 0.256 e. The molecule has 0 spiro atoms. The summed E-state index contributed by atoms with van der Waals surface area (Å²) < 4.78 is 5.75. The Hall–Kier alpha value is -3.85. The van der Waals surface area contributed by atoms with Gasteiger partial charge in [-0.15, -0.1) is 0 Å². The number of rotatable bonds is 5. The quantitative estimate of drug-likeness (QED) is 0.483. The number of benzene rings is 2. The van der Waals surface area contributed by atoms with Crippen LogP contribution in [-0.2, 0) is 11.2 Å². The molecule has 1 atom stereocenters. The van der Waals surface area contributed by atoms with Gasteiger partial charge in [0.15, 0.2) is 0 Å². The molecule has 1 aliphatic rings. The van der Waals surface area contributed by atoms with Gasteiger partial charge >= 0.3 is 0 Å². The Morgan fingerprint density at radius 1 is 1.00 bits per heavy atom. The Morgan fingerprint density at radius 3 is 2.53 bits per heavy atom. The first-order chi connectivity index (χ1) is 15.7. The lowest BCUT2D eigenvalue weighted by Gasteiger charge is -2.36. The largest absolute Gasteiger partial charge is 0.377 e. The van der Waals surface area contributed by atoms with Crippen molar-refractivity contribution in [3.63, 3.8) is 0 Å². The number of hydrogen-bond donors (Lipinski definition) is 0. The van der Waals surface area contributed by atoms with Crippen molar-refractivity contribution in [1.29, 1.82) is 0 Å². The van der Waals surface area contributed by atoms with Crippen LogP contribution in [0, 0.1) is 6.92 Å². The average molecular weight is 429 g/mol. The highest BCUT2D eigenvalue weighted by Gasteiger charge is 2.30. The minimum Gasteiger partial charge on any atom is -0.377 e. The van der Waals surface area contributed by atoms with E-state index >= 15 is 0 Å². The van der Waals surface area contributed by atoms with Crippen molar-refractivity contribution >= 4 is 5.91 Å². The monoisotopic (exact) mass is 429 g/mol. The molecule has 5 rings (SSSR count). The maximum atomic E-state index is 13.7. The molecule has 0 N–H and O–H groups in total. The predicted octanol–water partition coefficient (Wildman–Crippen LogP) is 2.24. The Bertz CT molecular complexity index is 1210. The van der Waals surface area contributed by atoms with Gasteiger partial charge in [-0.2, -0.15) is 30.0 Å². The molecule has 0 radical (unpaired) electrons. The molecule has 1 unspecified atom stereocenters. The summed E-state index contributed by atoms with van der Waals surface area (Å²) in [7, 11) is 0. The molecule has 1 aliphatic heterocycles. The number of carbonyl (C=O) groups excluding carboxylic acids is 1. The number of carbonyl (C=O) groups is 1. The highest BCUT2D eigenvalue weighted by Crippen LogP contribution is 2.22. The van der Waals surface area contributed by atoms with Crippen molar-refractivity contribution in [3.8, 4) is 11.4 Å². The third-order valence-electron chi connectivity index (χ3n) is 5.54. The summed E-state index contributed by atoms with van der Waals surface area (Å²) in [6.45, 7) is 3.50. The smallest absolute Gasteiger partial charge is 0.256 e. The molecule has 0 aliphatic carbocycles. The molecular weight excluding hydrogens is 406 g/mol. The van der Waals surface area contributed by atoms with Gasteiger partial charge in [0.05, 0.1) is 61.0 Å². The van der Waals surface area contributed by atoms with E-state index in [-0.39, 0.29) is 11.9 Å². The van der Waals surface area contributed by atoms with E-state index in [4.69, 9.17) is 4.74 Å². The zero-order valence-corrected chi connectivity index (χ0v) is 17.7. The molecular formula is C23H23N7O2. The van der Waals surface area contributed by atoms with E-state index in [9.17, 15) is 4.79 Å². The SMILES string of the molecule is Cc1ccc(-n2nccn2)c(C(=O)N2CCOCC2Cc2cccc(-n3nccn3)c2)c1. The summed E-state index contributed by atoms with van der Waals surface area (Å²) in [5.41, 5.74) is 4.23. The number of aryl methyl sites for hydroxylation is 1. The van der Waals surface area contributed by atoms with Gasteiger partial charge in [0.1, 0.15) is 0 Å². The van der Waals surface area contributed by atoms with Crippen molar-refractivity contribution in [1.82, 2.24) is 34.9 Å². The minimum absolute atomic E-state index is 0.0424. The number of amides is 1. The van der Waals surface area contributed by atoms with Crippen LogP contribution in [0.1, 0.15) is 21.5 Å². The van der Waals surface area contributed by atoms with E-state index in [0.29, 0.717) is 37.4 Å². The van der Waals surface area contributed by atoms with Crippen LogP contribution in [0.25, 0.3) is 11.4 Å². The van der Waals surface area contributed by atoms with Crippen LogP contribution in [0.2, 0.25) is 0 Å². The van der Waals surface area contributed by atoms with E-state index in [2.05, 4.69) is 26.5 Å². The Kier molecular flexibility index (Phi) is 5.47. The fourth-order valence-electron chi connectivity index (χ4n) is 4.01. The number of aromatic nitrogens is 6. The van der Waals surface area contributed by atoms with Gasteiger partial charge in [0.2, 0.25) is 0 Å². The van der Waals surface area contributed by atoms with Gasteiger partial charge in [-0.1, -0.05) is 23.8 Å². The second-order valence-corrected chi connectivity index (χ2v) is 7.76. The summed E-state index contributed by atoms with van der Waals surface area (Å²) in [5.74, 6) is -0.0424. The van der Waals surface area contributed by atoms with Crippen molar-refractivity contribution in [2.24, 2.45) is 0 Å². The third kappa shape index (κ3) is 4.02. The molecule has 162 valence electrons. The van der Waals surface area contributed by atoms with Crippen LogP contribution in [0.5, 0.6) is 0 Å².